The van der Waals surface area contributed by atoms with Crippen LogP contribution in [0, 0.1) is 6.92 Å². The van der Waals surface area contributed by atoms with E-state index in [4.69, 9.17) is 21.4 Å². The summed E-state index contributed by atoms with van der Waals surface area (Å²) in [5.74, 6) is -2.48. The van der Waals surface area contributed by atoms with Gasteiger partial charge in [-0.3, -0.25) is 14.4 Å². The van der Waals surface area contributed by atoms with Crippen LogP contribution in [-0.4, -0.2) is 31.5 Å². The molecule has 0 aliphatic rings. The summed E-state index contributed by atoms with van der Waals surface area (Å²) < 4.78 is 7.48. The lowest BCUT2D eigenvalue weighted by molar-refractivity contribution is -0.150. The minimum absolute atomic E-state index is 0.0468. The lowest BCUT2D eigenvalue weighted by Gasteiger charge is -2.04. The van der Waals surface area contributed by atoms with E-state index in [1.165, 1.54) is 3.96 Å². The molecule has 3 aromatic rings. The number of hydrogen-bond acceptors (Lipinski definition) is 6. The van der Waals surface area contributed by atoms with E-state index in [1.807, 2.05) is 6.92 Å². The van der Waals surface area contributed by atoms with Crippen LogP contribution in [0.4, 0.5) is 0 Å². The first-order valence-electron chi connectivity index (χ1n) is 9.81. The van der Waals surface area contributed by atoms with Gasteiger partial charge in [-0.05, 0) is 48.3 Å². The van der Waals surface area contributed by atoms with Gasteiger partial charge in [0.2, 0.25) is 4.80 Å². The van der Waals surface area contributed by atoms with E-state index in [-0.39, 0.29) is 17.8 Å². The first-order chi connectivity index (χ1) is 15.7. The fraction of sp³-hybridized carbons (Fsp3) is 0.227. The van der Waals surface area contributed by atoms with Gasteiger partial charge in [0.1, 0.15) is 0 Å². The molecule has 0 spiro atoms. The highest BCUT2D eigenvalue weighted by molar-refractivity contribution is 7.03. The Morgan fingerprint density at radius 3 is 2.36 bits per heavy atom. The number of aliphatic carboxylic acids is 1. The zero-order valence-corrected chi connectivity index (χ0v) is 19.1. The molecule has 3 rings (SSSR count). The van der Waals surface area contributed by atoms with Crippen molar-refractivity contribution in [3.8, 4) is 0 Å². The maximum Gasteiger partial charge on any atom is 0.342 e. The SMILES string of the molecule is Cc1ccc(C(=O)/N=c2/sn(Cc3ccc(Cl)cc3)c(=O)n2COC(=O)CCC(=O)O)cc1. The Morgan fingerprint density at radius 1 is 1.06 bits per heavy atom. The van der Waals surface area contributed by atoms with Crippen molar-refractivity contribution in [3.63, 3.8) is 0 Å². The summed E-state index contributed by atoms with van der Waals surface area (Å²) in [6.07, 6.45) is -0.731. The Hall–Kier alpha value is -3.50. The summed E-state index contributed by atoms with van der Waals surface area (Å²) in [5.41, 5.74) is 1.59. The van der Waals surface area contributed by atoms with E-state index in [0.29, 0.717) is 10.6 Å². The molecule has 0 saturated carbocycles. The van der Waals surface area contributed by atoms with Crippen molar-refractivity contribution in [3.05, 3.63) is 85.5 Å². The standard InChI is InChI=1S/C22H20ClN3O6S/c1-14-2-6-16(7-3-14)20(30)24-21-25(13-32-19(29)11-10-18(27)28)22(31)26(33-21)12-15-4-8-17(23)9-5-15/h2-9H,10-13H2,1H3,(H,27,28)/b24-21+. The van der Waals surface area contributed by atoms with Gasteiger partial charge in [-0.2, -0.15) is 4.99 Å². The second-order valence-corrected chi connectivity index (χ2v) is 8.49. The molecular formula is C22H20ClN3O6S. The molecule has 33 heavy (non-hydrogen) atoms. The molecular weight excluding hydrogens is 470 g/mol. The quantitative estimate of drug-likeness (QED) is 0.486. The van der Waals surface area contributed by atoms with Crippen molar-refractivity contribution in [2.75, 3.05) is 0 Å². The van der Waals surface area contributed by atoms with Crippen molar-refractivity contribution < 1.29 is 24.2 Å². The second-order valence-electron chi connectivity index (χ2n) is 7.07. The molecule has 11 heteroatoms. The number of halogens is 1. The molecule has 9 nitrogen and oxygen atoms in total. The van der Waals surface area contributed by atoms with Crippen LogP contribution < -0.4 is 10.5 Å². The summed E-state index contributed by atoms with van der Waals surface area (Å²) >= 11 is 6.85. The highest BCUT2D eigenvalue weighted by atomic mass is 35.5. The van der Waals surface area contributed by atoms with Crippen molar-refractivity contribution >= 4 is 41.0 Å². The Kier molecular flexibility index (Phi) is 7.96. The van der Waals surface area contributed by atoms with E-state index >= 15 is 0 Å². The zero-order valence-electron chi connectivity index (χ0n) is 17.6. The molecule has 0 aliphatic carbocycles. The summed E-state index contributed by atoms with van der Waals surface area (Å²) in [6, 6.07) is 13.7. The summed E-state index contributed by atoms with van der Waals surface area (Å²) in [5, 5.41) is 9.25. The second kappa shape index (κ2) is 10.9. The number of carboxylic acids is 1. The number of carbonyl (C=O) groups is 3. The normalized spacial score (nSPS) is 11.4. The molecule has 1 heterocycles. The number of amides is 1. The highest BCUT2D eigenvalue weighted by Gasteiger charge is 2.14. The molecule has 0 atom stereocenters. The first-order valence-corrected chi connectivity index (χ1v) is 11.0. The van der Waals surface area contributed by atoms with Crippen molar-refractivity contribution in [2.45, 2.75) is 33.0 Å². The number of aromatic nitrogens is 2. The lowest BCUT2D eigenvalue weighted by atomic mass is 10.1. The van der Waals surface area contributed by atoms with E-state index in [1.54, 1.807) is 48.5 Å². The Labute approximate surface area is 197 Å². The predicted octanol–water partition coefficient (Wildman–Crippen LogP) is 2.83. The summed E-state index contributed by atoms with van der Waals surface area (Å²) in [4.78, 5) is 52.2. The van der Waals surface area contributed by atoms with Crippen LogP contribution in [0.1, 0.15) is 34.3 Å². The third kappa shape index (κ3) is 6.74. The predicted molar refractivity (Wildman–Crippen MR) is 121 cm³/mol. The largest absolute Gasteiger partial charge is 0.481 e. The Balaban J connectivity index is 1.92. The zero-order chi connectivity index (χ0) is 24.0. The highest BCUT2D eigenvalue weighted by Crippen LogP contribution is 2.11. The Bertz CT molecular complexity index is 1290. The monoisotopic (exact) mass is 489 g/mol. The molecule has 1 N–H and O–H groups in total. The number of ether oxygens (including phenoxy) is 1. The fourth-order valence-corrected chi connectivity index (χ4v) is 3.78. The molecule has 1 amide bonds. The Morgan fingerprint density at radius 2 is 1.73 bits per heavy atom. The number of carboxylic acid groups (broad SMARTS) is 1. The van der Waals surface area contributed by atoms with Crippen LogP contribution in [0.5, 0.6) is 0 Å². The first kappa shape index (κ1) is 24.1. The fourth-order valence-electron chi connectivity index (χ4n) is 2.72. The van der Waals surface area contributed by atoms with Gasteiger partial charge in [0.15, 0.2) is 6.73 Å². The van der Waals surface area contributed by atoms with Crippen LogP contribution in [-0.2, 0) is 27.6 Å². The number of esters is 1. The van der Waals surface area contributed by atoms with Gasteiger partial charge in [-0.1, -0.05) is 41.4 Å². The van der Waals surface area contributed by atoms with Gasteiger partial charge in [-0.25, -0.2) is 13.3 Å². The van der Waals surface area contributed by atoms with Gasteiger partial charge in [0, 0.05) is 10.6 Å². The van der Waals surface area contributed by atoms with Crippen LogP contribution in [0.2, 0.25) is 5.02 Å². The van der Waals surface area contributed by atoms with E-state index in [2.05, 4.69) is 4.99 Å². The number of rotatable bonds is 8. The molecule has 1 aromatic heterocycles. The van der Waals surface area contributed by atoms with Gasteiger partial charge in [-0.15, -0.1) is 0 Å². The molecule has 0 saturated heterocycles. The van der Waals surface area contributed by atoms with Crippen molar-refractivity contribution in [1.29, 1.82) is 0 Å². The van der Waals surface area contributed by atoms with Gasteiger partial charge >= 0.3 is 17.6 Å². The topological polar surface area (TPSA) is 120 Å². The van der Waals surface area contributed by atoms with Crippen LogP contribution in [0.25, 0.3) is 0 Å². The summed E-state index contributed by atoms with van der Waals surface area (Å²) in [6.45, 7) is 1.59. The number of aryl methyl sites for hydroxylation is 1. The maximum atomic E-state index is 13.0. The van der Waals surface area contributed by atoms with E-state index < -0.39 is 36.7 Å². The molecule has 0 radical (unpaired) electrons. The maximum absolute atomic E-state index is 13.0. The molecule has 172 valence electrons. The lowest BCUT2D eigenvalue weighted by Crippen LogP contribution is -2.32. The molecule has 0 bridgehead atoms. The average Bonchev–Trinajstić information content (AvgIpc) is 3.06. The van der Waals surface area contributed by atoms with Crippen LogP contribution in [0.15, 0.2) is 58.3 Å². The van der Waals surface area contributed by atoms with Crippen LogP contribution >= 0.6 is 23.1 Å². The number of benzene rings is 2. The van der Waals surface area contributed by atoms with Gasteiger partial charge < -0.3 is 9.84 Å². The van der Waals surface area contributed by atoms with Crippen molar-refractivity contribution in [1.82, 2.24) is 8.52 Å². The molecule has 0 fully saturated rings. The number of carbonyl (C=O) groups excluding carboxylic acids is 2. The van der Waals surface area contributed by atoms with Crippen LogP contribution in [0.3, 0.4) is 0 Å². The third-order valence-corrected chi connectivity index (χ3v) is 5.73. The number of nitrogens with zero attached hydrogens (tertiary/aromatic N) is 3. The van der Waals surface area contributed by atoms with Gasteiger partial charge in [0.05, 0.1) is 19.4 Å². The average molecular weight is 490 g/mol. The number of hydrogen-bond donors (Lipinski definition) is 1. The van der Waals surface area contributed by atoms with Gasteiger partial charge in [0.25, 0.3) is 5.91 Å². The molecule has 2 aromatic carbocycles. The third-order valence-electron chi connectivity index (χ3n) is 4.50. The minimum Gasteiger partial charge on any atom is -0.481 e. The molecule has 0 aliphatic heterocycles. The smallest absolute Gasteiger partial charge is 0.342 e. The van der Waals surface area contributed by atoms with E-state index in [0.717, 1.165) is 27.2 Å². The summed E-state index contributed by atoms with van der Waals surface area (Å²) in [7, 11) is 0. The molecule has 0 unspecified atom stereocenters. The van der Waals surface area contributed by atoms with E-state index in [9.17, 15) is 19.2 Å². The minimum atomic E-state index is -1.14. The van der Waals surface area contributed by atoms with Crippen molar-refractivity contribution in [2.24, 2.45) is 4.99 Å².